The molecule has 7 nitrogen and oxygen atoms in total. The molecule has 4 aliphatic rings. The lowest BCUT2D eigenvalue weighted by atomic mass is 9.46. The van der Waals surface area contributed by atoms with Crippen molar-refractivity contribution in [3.8, 4) is 11.8 Å². The molecule has 1 heterocycles. The molecule has 0 saturated heterocycles. The Hall–Kier alpha value is -3.06. The molecule has 5 atom stereocenters. The molecule has 4 fully saturated rings. The number of rotatable bonds is 8. The van der Waals surface area contributed by atoms with Gasteiger partial charge in [0.1, 0.15) is 23.2 Å². The Balaban J connectivity index is 1.27. The summed E-state index contributed by atoms with van der Waals surface area (Å²) in [4.78, 5) is 8.64. The zero-order valence-electron chi connectivity index (χ0n) is 19.3. The van der Waals surface area contributed by atoms with Crippen LogP contribution in [-0.4, -0.2) is 29.4 Å². The molecule has 2 aromatic rings. The van der Waals surface area contributed by atoms with Crippen LogP contribution in [0.2, 0.25) is 0 Å². The van der Waals surface area contributed by atoms with Gasteiger partial charge in [0, 0.05) is 18.7 Å². The minimum Gasteiger partial charge on any atom is -0.405 e. The standard InChI is InChI=1S/C25H29F3N6O/c26-25(27,28)35-21-4-2-1-3-16(21)12-31-23-32-13-19(10-29)22(34-23)33-14-24-7-15-5-17(8-24)20(11-30)18(6-15)9-24/h1-4,13,15,17-18,20H,5-9,11-12,14,30H2,(H2,31,32,33,34)/t15?,17-,18+,20?,24+. The molecule has 2 unspecified atom stereocenters. The predicted octanol–water partition coefficient (Wildman–Crippen LogP) is 4.67. The van der Waals surface area contributed by atoms with Crippen LogP contribution in [0, 0.1) is 40.4 Å². The SMILES string of the molecule is N#Cc1cnc(NCc2ccccc2OC(F)(F)F)nc1NC[C@@]12CC3C[C@H](C1)C(CN)[C@@H](C3)C2. The van der Waals surface area contributed by atoms with Gasteiger partial charge in [0.05, 0.1) is 6.20 Å². The fourth-order valence-corrected chi connectivity index (χ4v) is 6.90. The topological polar surface area (TPSA) is 109 Å². The van der Waals surface area contributed by atoms with Crippen molar-refractivity contribution in [2.45, 2.75) is 45.0 Å². The summed E-state index contributed by atoms with van der Waals surface area (Å²) in [7, 11) is 0. The fraction of sp³-hybridized carbons (Fsp3) is 0.560. The van der Waals surface area contributed by atoms with Crippen LogP contribution in [0.1, 0.15) is 43.2 Å². The summed E-state index contributed by atoms with van der Waals surface area (Å²) in [6.45, 7) is 1.54. The molecule has 35 heavy (non-hydrogen) atoms. The van der Waals surface area contributed by atoms with Gasteiger partial charge >= 0.3 is 6.36 Å². The molecule has 4 bridgehead atoms. The van der Waals surface area contributed by atoms with Gasteiger partial charge in [-0.2, -0.15) is 10.2 Å². The third kappa shape index (κ3) is 5.01. The average Bonchev–Trinajstić information content (AvgIpc) is 2.81. The number of benzene rings is 1. The zero-order chi connectivity index (χ0) is 24.6. The smallest absolute Gasteiger partial charge is 0.405 e. The summed E-state index contributed by atoms with van der Waals surface area (Å²) in [6, 6.07) is 8.04. The molecular weight excluding hydrogens is 457 g/mol. The number of alkyl halides is 3. The van der Waals surface area contributed by atoms with Gasteiger partial charge in [0.2, 0.25) is 5.95 Å². The molecule has 6 rings (SSSR count). The predicted molar refractivity (Wildman–Crippen MR) is 124 cm³/mol. The van der Waals surface area contributed by atoms with E-state index in [2.05, 4.69) is 31.4 Å². The van der Waals surface area contributed by atoms with Crippen LogP contribution in [0.25, 0.3) is 0 Å². The van der Waals surface area contributed by atoms with Crippen molar-refractivity contribution < 1.29 is 17.9 Å². The molecular formula is C25H29F3N6O. The van der Waals surface area contributed by atoms with E-state index in [1.165, 1.54) is 37.6 Å². The summed E-state index contributed by atoms with van der Waals surface area (Å²) in [5.41, 5.74) is 6.93. The molecule has 0 aliphatic heterocycles. The van der Waals surface area contributed by atoms with E-state index in [0.29, 0.717) is 34.7 Å². The summed E-state index contributed by atoms with van der Waals surface area (Å²) in [5, 5.41) is 15.9. The molecule has 4 aliphatic carbocycles. The molecule has 1 aromatic carbocycles. The first-order valence-corrected chi connectivity index (χ1v) is 12.1. The van der Waals surface area contributed by atoms with Gasteiger partial charge in [0.15, 0.2) is 0 Å². The molecule has 10 heteroatoms. The Morgan fingerprint density at radius 3 is 2.57 bits per heavy atom. The van der Waals surface area contributed by atoms with Crippen molar-refractivity contribution in [2.24, 2.45) is 34.8 Å². The van der Waals surface area contributed by atoms with Crippen molar-refractivity contribution >= 4 is 11.8 Å². The Morgan fingerprint density at radius 1 is 1.14 bits per heavy atom. The van der Waals surface area contributed by atoms with E-state index in [-0.39, 0.29) is 23.7 Å². The molecule has 0 amide bonds. The second-order valence-corrected chi connectivity index (χ2v) is 10.3. The number of anilines is 2. The van der Waals surface area contributed by atoms with E-state index in [9.17, 15) is 18.4 Å². The van der Waals surface area contributed by atoms with Gasteiger partial charge in [-0.25, -0.2) is 4.98 Å². The van der Waals surface area contributed by atoms with Crippen molar-refractivity contribution in [1.29, 1.82) is 5.26 Å². The van der Waals surface area contributed by atoms with Crippen LogP contribution in [0.3, 0.4) is 0 Å². The van der Waals surface area contributed by atoms with Crippen LogP contribution >= 0.6 is 0 Å². The number of nitrogens with zero attached hydrogens (tertiary/aromatic N) is 3. The second-order valence-electron chi connectivity index (χ2n) is 10.3. The van der Waals surface area contributed by atoms with Crippen LogP contribution in [-0.2, 0) is 6.54 Å². The number of hydrogen-bond donors (Lipinski definition) is 3. The first kappa shape index (κ1) is 23.7. The van der Waals surface area contributed by atoms with Crippen molar-refractivity contribution in [3.05, 3.63) is 41.6 Å². The Bertz CT molecular complexity index is 1100. The lowest BCUT2D eigenvalue weighted by Crippen LogP contribution is -2.54. The highest BCUT2D eigenvalue weighted by Crippen LogP contribution is 2.61. The van der Waals surface area contributed by atoms with Crippen LogP contribution in [0.15, 0.2) is 30.5 Å². The van der Waals surface area contributed by atoms with Gasteiger partial charge in [-0.05, 0) is 73.8 Å². The third-order valence-corrected chi connectivity index (χ3v) is 8.04. The van der Waals surface area contributed by atoms with E-state index < -0.39 is 6.36 Å². The van der Waals surface area contributed by atoms with E-state index in [4.69, 9.17) is 5.73 Å². The van der Waals surface area contributed by atoms with Crippen LogP contribution < -0.4 is 21.1 Å². The summed E-state index contributed by atoms with van der Waals surface area (Å²) in [6.07, 6.45) is 2.72. The van der Waals surface area contributed by atoms with Gasteiger partial charge in [-0.3, -0.25) is 0 Å². The second kappa shape index (κ2) is 9.19. The highest BCUT2D eigenvalue weighted by Gasteiger charge is 2.54. The molecule has 1 aromatic heterocycles. The Labute approximate surface area is 202 Å². The lowest BCUT2D eigenvalue weighted by molar-refractivity contribution is -0.274. The Morgan fingerprint density at radius 2 is 1.89 bits per heavy atom. The number of nitriles is 1. The van der Waals surface area contributed by atoms with Crippen molar-refractivity contribution in [1.82, 2.24) is 9.97 Å². The number of nitrogens with two attached hydrogens (primary N) is 1. The minimum absolute atomic E-state index is 0.0348. The molecule has 0 radical (unpaired) electrons. The number of nitrogens with one attached hydrogen (secondary N) is 2. The maximum Gasteiger partial charge on any atom is 0.573 e. The number of aromatic nitrogens is 2. The van der Waals surface area contributed by atoms with E-state index in [1.54, 1.807) is 12.1 Å². The average molecular weight is 487 g/mol. The minimum atomic E-state index is -4.78. The normalized spacial score (nSPS) is 29.0. The van der Waals surface area contributed by atoms with Crippen LogP contribution in [0.4, 0.5) is 24.9 Å². The van der Waals surface area contributed by atoms with Crippen molar-refractivity contribution in [2.75, 3.05) is 23.7 Å². The monoisotopic (exact) mass is 486 g/mol. The lowest BCUT2D eigenvalue weighted by Gasteiger charge is -2.60. The number of ether oxygens (including phenoxy) is 1. The fourth-order valence-electron chi connectivity index (χ4n) is 6.90. The number of hydrogen-bond acceptors (Lipinski definition) is 7. The quantitative estimate of drug-likeness (QED) is 0.497. The van der Waals surface area contributed by atoms with Gasteiger partial charge in [-0.15, -0.1) is 13.2 Å². The number of halogens is 3. The molecule has 4 saturated carbocycles. The summed E-state index contributed by atoms with van der Waals surface area (Å²) in [5.74, 6) is 3.15. The Kier molecular flexibility index (Phi) is 6.21. The van der Waals surface area contributed by atoms with E-state index in [1.807, 2.05) is 0 Å². The molecule has 0 spiro atoms. The maximum atomic E-state index is 12.7. The first-order chi connectivity index (χ1) is 16.8. The number of para-hydroxylation sites is 1. The molecule has 186 valence electrons. The zero-order valence-corrected chi connectivity index (χ0v) is 19.3. The van der Waals surface area contributed by atoms with Gasteiger partial charge in [0.25, 0.3) is 0 Å². The summed E-state index contributed by atoms with van der Waals surface area (Å²) < 4.78 is 42.2. The molecule has 4 N–H and O–H groups in total. The van der Waals surface area contributed by atoms with Crippen LogP contribution in [0.5, 0.6) is 5.75 Å². The third-order valence-electron chi connectivity index (χ3n) is 8.04. The first-order valence-electron chi connectivity index (χ1n) is 12.1. The maximum absolute atomic E-state index is 12.7. The van der Waals surface area contributed by atoms with Gasteiger partial charge < -0.3 is 21.1 Å². The van der Waals surface area contributed by atoms with Gasteiger partial charge in [-0.1, -0.05) is 18.2 Å². The largest absolute Gasteiger partial charge is 0.573 e. The van der Waals surface area contributed by atoms with E-state index in [0.717, 1.165) is 31.8 Å². The van der Waals surface area contributed by atoms with E-state index >= 15 is 0 Å². The highest BCUT2D eigenvalue weighted by molar-refractivity contribution is 5.53. The van der Waals surface area contributed by atoms with Crippen molar-refractivity contribution in [3.63, 3.8) is 0 Å². The highest BCUT2D eigenvalue weighted by atomic mass is 19.4. The summed E-state index contributed by atoms with van der Waals surface area (Å²) >= 11 is 0.